The summed E-state index contributed by atoms with van der Waals surface area (Å²) in [5, 5.41) is 2.70. The average Bonchev–Trinajstić information content (AvgIpc) is 2.30. The highest BCUT2D eigenvalue weighted by molar-refractivity contribution is 5.88. The molecule has 0 bridgehead atoms. The van der Waals surface area contributed by atoms with E-state index in [9.17, 15) is 0 Å². The second kappa shape index (κ2) is 4.31. The average molecular weight is 196 g/mol. The van der Waals surface area contributed by atoms with Crippen molar-refractivity contribution in [2.45, 2.75) is 19.8 Å². The van der Waals surface area contributed by atoms with Crippen molar-refractivity contribution in [3.8, 4) is 0 Å². The summed E-state index contributed by atoms with van der Waals surface area (Å²) < 4.78 is 0. The van der Waals surface area contributed by atoms with Crippen molar-refractivity contribution < 1.29 is 0 Å². The predicted molar refractivity (Wildman–Crippen MR) is 68.0 cm³/mol. The Kier molecular flexibility index (Phi) is 2.86. The number of fused-ring (bicyclic) bond motifs is 1. The molecule has 0 atom stereocenters. The third-order valence-corrected chi connectivity index (χ3v) is 2.80. The fraction of sp³-hybridized carbons (Fsp3) is 0.200. The van der Waals surface area contributed by atoms with Gasteiger partial charge < -0.3 is 0 Å². The van der Waals surface area contributed by atoms with Gasteiger partial charge in [-0.15, -0.1) is 0 Å². The standard InChI is InChI=1S/C15H16/c1-3-7-14-12(4-2)10-11-13-8-5-6-9-15(13)14/h4-6,8-11H,2-3,7H2,1H3. The summed E-state index contributed by atoms with van der Waals surface area (Å²) in [6, 6.07) is 12.9. The zero-order chi connectivity index (χ0) is 10.7. The van der Waals surface area contributed by atoms with Crippen LogP contribution in [0.4, 0.5) is 0 Å². The molecule has 0 heterocycles. The van der Waals surface area contributed by atoms with Gasteiger partial charge in [0, 0.05) is 0 Å². The minimum Gasteiger partial charge on any atom is -0.0985 e. The highest BCUT2D eigenvalue weighted by atomic mass is 14.1. The molecule has 0 saturated heterocycles. The molecule has 0 aliphatic carbocycles. The largest absolute Gasteiger partial charge is 0.0985 e. The number of hydrogen-bond donors (Lipinski definition) is 0. The molecule has 0 saturated carbocycles. The molecule has 76 valence electrons. The van der Waals surface area contributed by atoms with Gasteiger partial charge in [-0.3, -0.25) is 0 Å². The van der Waals surface area contributed by atoms with Crippen LogP contribution in [0.1, 0.15) is 24.5 Å². The molecule has 0 unspecified atom stereocenters. The SMILES string of the molecule is C=Cc1ccc2ccccc2c1CCC. The minimum atomic E-state index is 1.13. The van der Waals surface area contributed by atoms with E-state index in [1.807, 2.05) is 6.08 Å². The summed E-state index contributed by atoms with van der Waals surface area (Å²) in [6.07, 6.45) is 4.26. The topological polar surface area (TPSA) is 0 Å². The summed E-state index contributed by atoms with van der Waals surface area (Å²) in [4.78, 5) is 0. The fourth-order valence-corrected chi connectivity index (χ4v) is 2.07. The minimum absolute atomic E-state index is 1.13. The second-order valence-electron chi connectivity index (χ2n) is 3.81. The predicted octanol–water partition coefficient (Wildman–Crippen LogP) is 4.44. The van der Waals surface area contributed by atoms with Gasteiger partial charge in [0.2, 0.25) is 0 Å². The van der Waals surface area contributed by atoms with Crippen molar-refractivity contribution in [3.05, 3.63) is 54.1 Å². The highest BCUT2D eigenvalue weighted by Crippen LogP contribution is 2.24. The van der Waals surface area contributed by atoms with E-state index in [4.69, 9.17) is 0 Å². The summed E-state index contributed by atoms with van der Waals surface area (Å²) >= 11 is 0. The highest BCUT2D eigenvalue weighted by Gasteiger charge is 2.03. The lowest BCUT2D eigenvalue weighted by molar-refractivity contribution is 0.927. The Bertz CT molecular complexity index is 480. The molecular weight excluding hydrogens is 180 g/mol. The van der Waals surface area contributed by atoms with Gasteiger partial charge >= 0.3 is 0 Å². The van der Waals surface area contributed by atoms with Gasteiger partial charge in [0.15, 0.2) is 0 Å². The van der Waals surface area contributed by atoms with Crippen molar-refractivity contribution in [3.63, 3.8) is 0 Å². The molecule has 2 aromatic carbocycles. The van der Waals surface area contributed by atoms with Crippen LogP contribution in [0.3, 0.4) is 0 Å². The molecule has 0 aromatic heterocycles. The molecule has 0 radical (unpaired) electrons. The van der Waals surface area contributed by atoms with Crippen molar-refractivity contribution in [2.24, 2.45) is 0 Å². The molecular formula is C15H16. The van der Waals surface area contributed by atoms with Gasteiger partial charge in [-0.1, -0.05) is 62.4 Å². The molecule has 0 aliphatic heterocycles. The van der Waals surface area contributed by atoms with Gasteiger partial charge in [-0.2, -0.15) is 0 Å². The fourth-order valence-electron chi connectivity index (χ4n) is 2.07. The Morgan fingerprint density at radius 1 is 1.13 bits per heavy atom. The van der Waals surface area contributed by atoms with E-state index in [0.29, 0.717) is 0 Å². The van der Waals surface area contributed by atoms with Gasteiger partial charge in [0.05, 0.1) is 0 Å². The maximum atomic E-state index is 3.88. The molecule has 15 heavy (non-hydrogen) atoms. The summed E-state index contributed by atoms with van der Waals surface area (Å²) in [7, 11) is 0. The maximum absolute atomic E-state index is 3.88. The van der Waals surface area contributed by atoms with Crippen LogP contribution in [0.5, 0.6) is 0 Å². The molecule has 0 aliphatic rings. The number of benzene rings is 2. The molecule has 0 heteroatoms. The van der Waals surface area contributed by atoms with Crippen LogP contribution in [-0.2, 0) is 6.42 Å². The summed E-state index contributed by atoms with van der Waals surface area (Å²) in [5.41, 5.74) is 2.71. The van der Waals surface area contributed by atoms with E-state index in [1.165, 1.54) is 28.3 Å². The first-order valence-corrected chi connectivity index (χ1v) is 5.50. The molecule has 2 aromatic rings. The number of hydrogen-bond acceptors (Lipinski definition) is 0. The Labute approximate surface area is 91.2 Å². The zero-order valence-corrected chi connectivity index (χ0v) is 9.16. The smallest absolute Gasteiger partial charge is 0.0146 e. The van der Waals surface area contributed by atoms with Crippen LogP contribution in [0.15, 0.2) is 43.0 Å². The Balaban J connectivity index is 2.72. The van der Waals surface area contributed by atoms with E-state index in [0.717, 1.165) is 6.42 Å². The Hall–Kier alpha value is -1.56. The number of rotatable bonds is 3. The quantitative estimate of drug-likeness (QED) is 0.681. The van der Waals surface area contributed by atoms with Crippen LogP contribution >= 0.6 is 0 Å². The van der Waals surface area contributed by atoms with Crippen LogP contribution in [0.2, 0.25) is 0 Å². The number of aryl methyl sites for hydroxylation is 1. The Morgan fingerprint density at radius 3 is 2.67 bits per heavy atom. The first kappa shape index (κ1) is 9.97. The van der Waals surface area contributed by atoms with Crippen LogP contribution in [0, 0.1) is 0 Å². The first-order valence-electron chi connectivity index (χ1n) is 5.50. The van der Waals surface area contributed by atoms with Gasteiger partial charge in [-0.05, 0) is 28.3 Å². The van der Waals surface area contributed by atoms with Gasteiger partial charge in [-0.25, -0.2) is 0 Å². The normalized spacial score (nSPS) is 10.5. The molecule has 2 rings (SSSR count). The van der Waals surface area contributed by atoms with E-state index < -0.39 is 0 Å². The van der Waals surface area contributed by atoms with E-state index in [2.05, 4.69) is 49.9 Å². The Morgan fingerprint density at radius 2 is 1.93 bits per heavy atom. The molecule has 0 fully saturated rings. The molecule has 0 N–H and O–H groups in total. The lowest BCUT2D eigenvalue weighted by Gasteiger charge is -2.09. The van der Waals surface area contributed by atoms with E-state index >= 15 is 0 Å². The maximum Gasteiger partial charge on any atom is -0.0146 e. The molecule has 0 amide bonds. The third-order valence-electron chi connectivity index (χ3n) is 2.80. The van der Waals surface area contributed by atoms with E-state index in [-0.39, 0.29) is 0 Å². The summed E-state index contributed by atoms with van der Waals surface area (Å²) in [5.74, 6) is 0. The monoisotopic (exact) mass is 196 g/mol. The zero-order valence-electron chi connectivity index (χ0n) is 9.16. The van der Waals surface area contributed by atoms with Crippen LogP contribution in [0.25, 0.3) is 16.8 Å². The summed E-state index contributed by atoms with van der Waals surface area (Å²) in [6.45, 7) is 6.10. The van der Waals surface area contributed by atoms with Gasteiger partial charge in [0.25, 0.3) is 0 Å². The van der Waals surface area contributed by atoms with Crippen LogP contribution < -0.4 is 0 Å². The van der Waals surface area contributed by atoms with E-state index in [1.54, 1.807) is 0 Å². The third kappa shape index (κ3) is 1.80. The lowest BCUT2D eigenvalue weighted by Crippen LogP contribution is -1.90. The molecule has 0 spiro atoms. The lowest BCUT2D eigenvalue weighted by atomic mass is 9.96. The van der Waals surface area contributed by atoms with Gasteiger partial charge in [0.1, 0.15) is 0 Å². The van der Waals surface area contributed by atoms with Crippen molar-refractivity contribution in [1.82, 2.24) is 0 Å². The van der Waals surface area contributed by atoms with Crippen molar-refractivity contribution in [2.75, 3.05) is 0 Å². The second-order valence-corrected chi connectivity index (χ2v) is 3.81. The molecule has 0 nitrogen and oxygen atoms in total. The van der Waals surface area contributed by atoms with Crippen molar-refractivity contribution >= 4 is 16.8 Å². The first-order chi connectivity index (χ1) is 7.36. The van der Waals surface area contributed by atoms with Crippen molar-refractivity contribution in [1.29, 1.82) is 0 Å². The van der Waals surface area contributed by atoms with Crippen LogP contribution in [-0.4, -0.2) is 0 Å².